The van der Waals surface area contributed by atoms with Gasteiger partial charge in [0.2, 0.25) is 0 Å². The van der Waals surface area contributed by atoms with Gasteiger partial charge in [0.05, 0.1) is 0 Å². The van der Waals surface area contributed by atoms with Gasteiger partial charge in [-0.25, -0.2) is 0 Å². The van der Waals surface area contributed by atoms with Crippen molar-refractivity contribution in [2.75, 3.05) is 6.54 Å². The highest BCUT2D eigenvalue weighted by Gasteiger charge is 2.23. The quantitative estimate of drug-likeness (QED) is 0.400. The lowest BCUT2D eigenvalue weighted by Gasteiger charge is -2.11. The molecule has 0 aromatic rings. The Kier molecular flexibility index (Phi) is 4.55. The van der Waals surface area contributed by atoms with Crippen LogP contribution in [0.4, 0.5) is 0 Å². The van der Waals surface area contributed by atoms with Crippen LogP contribution in [0, 0.1) is 0 Å². The molecule has 60 valence electrons. The first kappa shape index (κ1) is 9.84. The minimum atomic E-state index is -2.86. The van der Waals surface area contributed by atoms with E-state index in [0.717, 1.165) is 0 Å². The normalized spacial score (nSPS) is 12.8. The highest BCUT2D eigenvalue weighted by atomic mass is 28.4. The zero-order valence-electron chi connectivity index (χ0n) is 6.25. The lowest BCUT2D eigenvalue weighted by Crippen LogP contribution is -2.32. The molecule has 0 aliphatic carbocycles. The summed E-state index contributed by atoms with van der Waals surface area (Å²) < 4.78 is 0. The van der Waals surface area contributed by atoms with Crippen LogP contribution in [0.3, 0.4) is 0 Å². The van der Waals surface area contributed by atoms with Crippen molar-refractivity contribution in [3.8, 4) is 0 Å². The molecule has 4 heteroatoms. The standard InChI is InChI=1S/C6H15NO2Si/c1-2-10(8,9)6-4-3-5-7/h3-4,8-9H,2,5-7H2,1H3. The van der Waals surface area contributed by atoms with Gasteiger partial charge in [0.1, 0.15) is 0 Å². The number of hydrogen-bond acceptors (Lipinski definition) is 3. The maximum Gasteiger partial charge on any atom is 0.336 e. The largest absolute Gasteiger partial charge is 0.410 e. The first-order chi connectivity index (χ1) is 4.62. The number of hydrogen-bond donors (Lipinski definition) is 3. The van der Waals surface area contributed by atoms with Crippen molar-refractivity contribution < 1.29 is 9.59 Å². The van der Waals surface area contributed by atoms with Gasteiger partial charge in [0.25, 0.3) is 0 Å². The van der Waals surface area contributed by atoms with Gasteiger partial charge in [-0.1, -0.05) is 19.1 Å². The summed E-state index contributed by atoms with van der Waals surface area (Å²) >= 11 is 0. The molecule has 0 unspecified atom stereocenters. The smallest absolute Gasteiger partial charge is 0.336 e. The second-order valence-corrected chi connectivity index (χ2v) is 5.33. The number of nitrogens with two attached hydrogens (primary N) is 1. The third kappa shape index (κ3) is 4.69. The van der Waals surface area contributed by atoms with Crippen LogP contribution < -0.4 is 5.73 Å². The lowest BCUT2D eigenvalue weighted by atomic mass is 10.5. The predicted molar refractivity (Wildman–Crippen MR) is 43.7 cm³/mol. The fraction of sp³-hybridized carbons (Fsp3) is 0.667. The number of rotatable bonds is 4. The summed E-state index contributed by atoms with van der Waals surface area (Å²) in [4.78, 5) is 18.3. The summed E-state index contributed by atoms with van der Waals surface area (Å²) in [5, 5.41) is 0. The van der Waals surface area contributed by atoms with Gasteiger partial charge in [-0.15, -0.1) is 0 Å². The summed E-state index contributed by atoms with van der Waals surface area (Å²) in [7, 11) is -2.86. The molecule has 0 amide bonds. The highest BCUT2D eigenvalue weighted by Crippen LogP contribution is 2.06. The summed E-state index contributed by atoms with van der Waals surface area (Å²) in [6, 6.07) is 0.864. The molecule has 0 aliphatic heterocycles. The van der Waals surface area contributed by atoms with Gasteiger partial charge in [0, 0.05) is 12.6 Å². The Morgan fingerprint density at radius 1 is 1.40 bits per heavy atom. The Morgan fingerprint density at radius 3 is 2.40 bits per heavy atom. The maximum atomic E-state index is 9.15. The van der Waals surface area contributed by atoms with Crippen LogP contribution in [0.1, 0.15) is 6.92 Å². The van der Waals surface area contributed by atoms with E-state index in [1.807, 2.05) is 0 Å². The molecule has 0 heterocycles. The average molecular weight is 161 g/mol. The molecule has 0 spiro atoms. The van der Waals surface area contributed by atoms with Crippen molar-refractivity contribution in [2.45, 2.75) is 19.0 Å². The zero-order valence-corrected chi connectivity index (χ0v) is 7.25. The Labute approximate surface area is 62.4 Å². The van der Waals surface area contributed by atoms with E-state index in [1.165, 1.54) is 0 Å². The third-order valence-corrected chi connectivity index (χ3v) is 3.34. The van der Waals surface area contributed by atoms with E-state index < -0.39 is 8.56 Å². The Morgan fingerprint density at radius 2 is 2.00 bits per heavy atom. The second kappa shape index (κ2) is 4.62. The Hall–Kier alpha value is -0.163. The van der Waals surface area contributed by atoms with E-state index in [0.29, 0.717) is 18.6 Å². The molecule has 0 aromatic heterocycles. The van der Waals surface area contributed by atoms with Crippen LogP contribution in [0.15, 0.2) is 12.2 Å². The van der Waals surface area contributed by atoms with Gasteiger partial charge >= 0.3 is 8.56 Å². The second-order valence-electron chi connectivity index (χ2n) is 2.25. The molecule has 0 rings (SSSR count). The predicted octanol–water partition coefficient (Wildman–Crippen LogP) is -0.0520. The molecular weight excluding hydrogens is 146 g/mol. The summed E-state index contributed by atoms with van der Waals surface area (Å²) in [6.45, 7) is 2.25. The van der Waals surface area contributed by atoms with Gasteiger partial charge in [-0.2, -0.15) is 0 Å². The highest BCUT2D eigenvalue weighted by molar-refractivity contribution is 6.65. The molecule has 0 saturated carbocycles. The van der Waals surface area contributed by atoms with E-state index in [9.17, 15) is 0 Å². The molecule has 0 fully saturated rings. The molecule has 0 aliphatic rings. The fourth-order valence-electron chi connectivity index (χ4n) is 0.513. The van der Waals surface area contributed by atoms with Gasteiger partial charge < -0.3 is 15.3 Å². The zero-order chi connectivity index (χ0) is 8.04. The minimum absolute atomic E-state index is 0.390. The van der Waals surface area contributed by atoms with E-state index >= 15 is 0 Å². The van der Waals surface area contributed by atoms with Crippen molar-refractivity contribution in [3.63, 3.8) is 0 Å². The number of allylic oxidation sites excluding steroid dienone is 1. The SMILES string of the molecule is CC[Si](O)(O)CC=CCN. The van der Waals surface area contributed by atoms with E-state index in [-0.39, 0.29) is 0 Å². The topological polar surface area (TPSA) is 66.5 Å². The van der Waals surface area contributed by atoms with Crippen molar-refractivity contribution in [3.05, 3.63) is 12.2 Å². The molecular formula is C6H15NO2Si. The summed E-state index contributed by atoms with van der Waals surface area (Å²) in [6.07, 6.45) is 3.47. The van der Waals surface area contributed by atoms with Gasteiger partial charge in [0.15, 0.2) is 0 Å². The third-order valence-electron chi connectivity index (χ3n) is 1.31. The van der Waals surface area contributed by atoms with Crippen LogP contribution in [-0.2, 0) is 0 Å². The summed E-state index contributed by atoms with van der Waals surface area (Å²) in [5.74, 6) is 0. The van der Waals surface area contributed by atoms with Crippen molar-refractivity contribution >= 4 is 8.56 Å². The van der Waals surface area contributed by atoms with Gasteiger partial charge in [-0.3, -0.25) is 0 Å². The van der Waals surface area contributed by atoms with Crippen molar-refractivity contribution in [2.24, 2.45) is 5.73 Å². The van der Waals surface area contributed by atoms with E-state index in [4.69, 9.17) is 15.3 Å². The molecule has 10 heavy (non-hydrogen) atoms. The molecule has 4 N–H and O–H groups in total. The lowest BCUT2D eigenvalue weighted by molar-refractivity contribution is 0.366. The van der Waals surface area contributed by atoms with Crippen molar-refractivity contribution in [1.82, 2.24) is 0 Å². The van der Waals surface area contributed by atoms with Crippen LogP contribution >= 0.6 is 0 Å². The van der Waals surface area contributed by atoms with Gasteiger partial charge in [-0.05, 0) is 6.04 Å². The molecule has 0 aromatic carbocycles. The molecule has 0 bridgehead atoms. The Balaban J connectivity index is 3.56. The molecule has 0 atom stereocenters. The fourth-order valence-corrected chi connectivity index (χ4v) is 1.35. The molecule has 0 radical (unpaired) electrons. The molecule has 0 saturated heterocycles. The minimum Gasteiger partial charge on any atom is -0.410 e. The Bertz CT molecular complexity index is 114. The van der Waals surface area contributed by atoms with Crippen molar-refractivity contribution in [1.29, 1.82) is 0 Å². The maximum absolute atomic E-state index is 9.15. The van der Waals surface area contributed by atoms with E-state index in [1.54, 1.807) is 19.1 Å². The monoisotopic (exact) mass is 161 g/mol. The average Bonchev–Trinajstić information content (AvgIpc) is 1.89. The molecule has 3 nitrogen and oxygen atoms in total. The van der Waals surface area contributed by atoms with Crippen LogP contribution in [-0.4, -0.2) is 24.7 Å². The first-order valence-electron chi connectivity index (χ1n) is 3.42. The van der Waals surface area contributed by atoms with Crippen LogP contribution in [0.5, 0.6) is 0 Å². The van der Waals surface area contributed by atoms with Crippen LogP contribution in [0.2, 0.25) is 12.1 Å². The summed E-state index contributed by atoms with van der Waals surface area (Å²) in [5.41, 5.74) is 5.16. The van der Waals surface area contributed by atoms with Crippen LogP contribution in [0.25, 0.3) is 0 Å². The van der Waals surface area contributed by atoms with E-state index in [2.05, 4.69) is 0 Å². The first-order valence-corrected chi connectivity index (χ1v) is 5.73.